The van der Waals surface area contributed by atoms with E-state index >= 15 is 0 Å². The first-order valence-electron chi connectivity index (χ1n) is 7.90. The molecule has 1 aliphatic rings. The van der Waals surface area contributed by atoms with Crippen LogP contribution >= 0.6 is 0 Å². The van der Waals surface area contributed by atoms with E-state index in [1.165, 1.54) is 18.4 Å². The summed E-state index contributed by atoms with van der Waals surface area (Å²) >= 11 is 0. The van der Waals surface area contributed by atoms with E-state index in [1.54, 1.807) is 0 Å². The van der Waals surface area contributed by atoms with Gasteiger partial charge in [-0.05, 0) is 31.9 Å². The van der Waals surface area contributed by atoms with Crippen LogP contribution < -0.4 is 4.90 Å². The largest absolute Gasteiger partial charge is 0.341 e. The van der Waals surface area contributed by atoms with Crippen LogP contribution in [0.15, 0.2) is 48.5 Å². The van der Waals surface area contributed by atoms with Crippen molar-refractivity contribution in [1.82, 2.24) is 9.97 Å². The number of nitrogens with zero attached hydrogens (tertiary/aromatic N) is 3. The maximum Gasteiger partial charge on any atom is 0.226 e. The van der Waals surface area contributed by atoms with Crippen molar-refractivity contribution in [3.63, 3.8) is 0 Å². The molecule has 0 saturated carbocycles. The topological polar surface area (TPSA) is 29.0 Å². The van der Waals surface area contributed by atoms with E-state index in [-0.39, 0.29) is 0 Å². The van der Waals surface area contributed by atoms with Gasteiger partial charge in [-0.1, -0.05) is 42.0 Å². The highest BCUT2D eigenvalue weighted by atomic mass is 15.3. The van der Waals surface area contributed by atoms with Gasteiger partial charge in [-0.15, -0.1) is 0 Å². The van der Waals surface area contributed by atoms with Gasteiger partial charge in [0.25, 0.3) is 0 Å². The summed E-state index contributed by atoms with van der Waals surface area (Å²) in [6.45, 7) is 4.24. The number of benzene rings is 2. The maximum atomic E-state index is 4.91. The van der Waals surface area contributed by atoms with Crippen LogP contribution in [-0.4, -0.2) is 23.1 Å². The van der Waals surface area contributed by atoms with Gasteiger partial charge in [-0.2, -0.15) is 0 Å². The van der Waals surface area contributed by atoms with Crippen molar-refractivity contribution in [3.8, 4) is 11.3 Å². The second-order valence-electron chi connectivity index (χ2n) is 5.95. The first kappa shape index (κ1) is 13.3. The molecular formula is C19H19N3. The van der Waals surface area contributed by atoms with Crippen LogP contribution in [0.1, 0.15) is 18.4 Å². The number of rotatable bonds is 2. The number of aryl methyl sites for hydroxylation is 1. The van der Waals surface area contributed by atoms with E-state index < -0.39 is 0 Å². The summed E-state index contributed by atoms with van der Waals surface area (Å²) in [6.07, 6.45) is 2.46. The summed E-state index contributed by atoms with van der Waals surface area (Å²) in [4.78, 5) is 12.0. The number of aromatic nitrogens is 2. The van der Waals surface area contributed by atoms with Gasteiger partial charge in [0.15, 0.2) is 0 Å². The van der Waals surface area contributed by atoms with Gasteiger partial charge in [0.2, 0.25) is 5.95 Å². The molecule has 2 heterocycles. The summed E-state index contributed by atoms with van der Waals surface area (Å²) < 4.78 is 0. The average molecular weight is 289 g/mol. The zero-order chi connectivity index (χ0) is 14.9. The fraction of sp³-hybridized carbons (Fsp3) is 0.263. The Labute approximate surface area is 130 Å². The van der Waals surface area contributed by atoms with Crippen LogP contribution in [0.5, 0.6) is 0 Å². The van der Waals surface area contributed by atoms with Crippen molar-refractivity contribution >= 4 is 16.9 Å². The van der Waals surface area contributed by atoms with E-state index in [2.05, 4.69) is 54.3 Å². The molecule has 0 spiro atoms. The van der Waals surface area contributed by atoms with Crippen molar-refractivity contribution in [1.29, 1.82) is 0 Å². The minimum Gasteiger partial charge on any atom is -0.341 e. The van der Waals surface area contributed by atoms with Crippen LogP contribution in [0, 0.1) is 6.92 Å². The molecule has 1 aliphatic heterocycles. The molecule has 3 nitrogen and oxygen atoms in total. The molecule has 22 heavy (non-hydrogen) atoms. The summed E-state index contributed by atoms with van der Waals surface area (Å²) in [6, 6.07) is 16.8. The minimum absolute atomic E-state index is 0.868. The average Bonchev–Trinajstić information content (AvgIpc) is 3.09. The first-order valence-corrected chi connectivity index (χ1v) is 7.90. The van der Waals surface area contributed by atoms with Crippen LogP contribution in [0.25, 0.3) is 22.2 Å². The molecule has 0 N–H and O–H groups in total. The molecule has 0 amide bonds. The van der Waals surface area contributed by atoms with Crippen molar-refractivity contribution in [3.05, 3.63) is 54.1 Å². The molecule has 3 aromatic rings. The molecule has 0 atom stereocenters. The van der Waals surface area contributed by atoms with Gasteiger partial charge >= 0.3 is 0 Å². The monoisotopic (exact) mass is 289 g/mol. The molecule has 1 saturated heterocycles. The normalized spacial score (nSPS) is 14.7. The van der Waals surface area contributed by atoms with E-state index in [9.17, 15) is 0 Å². The van der Waals surface area contributed by atoms with E-state index in [1.807, 2.05) is 6.07 Å². The lowest BCUT2D eigenvalue weighted by molar-refractivity contribution is 0.908. The fourth-order valence-electron chi connectivity index (χ4n) is 3.10. The number of hydrogen-bond acceptors (Lipinski definition) is 3. The molecule has 0 bridgehead atoms. The predicted octanol–water partition coefficient (Wildman–Crippen LogP) is 4.21. The second kappa shape index (κ2) is 5.41. The smallest absolute Gasteiger partial charge is 0.226 e. The summed E-state index contributed by atoms with van der Waals surface area (Å²) in [5, 5.41) is 1.13. The molecule has 4 rings (SSSR count). The highest BCUT2D eigenvalue weighted by molar-refractivity contribution is 5.93. The Morgan fingerprint density at radius 1 is 0.909 bits per heavy atom. The number of hydrogen-bond donors (Lipinski definition) is 0. The first-order chi connectivity index (χ1) is 10.8. The Balaban J connectivity index is 1.96. The molecule has 2 aromatic carbocycles. The Bertz CT molecular complexity index is 806. The molecule has 110 valence electrons. The maximum absolute atomic E-state index is 4.91. The molecule has 1 aromatic heterocycles. The second-order valence-corrected chi connectivity index (χ2v) is 5.95. The lowest BCUT2D eigenvalue weighted by Gasteiger charge is -2.17. The molecule has 0 unspecified atom stereocenters. The quantitative estimate of drug-likeness (QED) is 0.708. The number of anilines is 1. The van der Waals surface area contributed by atoms with E-state index in [0.717, 1.165) is 41.2 Å². The van der Waals surface area contributed by atoms with Crippen molar-refractivity contribution in [2.75, 3.05) is 18.0 Å². The van der Waals surface area contributed by atoms with Gasteiger partial charge in [0.1, 0.15) is 0 Å². The summed E-state index contributed by atoms with van der Waals surface area (Å²) in [5.74, 6) is 0.868. The number of fused-ring (bicyclic) bond motifs is 1. The van der Waals surface area contributed by atoms with E-state index in [0.29, 0.717) is 0 Å². The summed E-state index contributed by atoms with van der Waals surface area (Å²) in [5.41, 5.74) is 4.46. The SMILES string of the molecule is Cc1ccc2nc(N3CCCC3)nc(-c3ccccc3)c2c1. The highest BCUT2D eigenvalue weighted by Gasteiger charge is 2.18. The summed E-state index contributed by atoms with van der Waals surface area (Å²) in [7, 11) is 0. The fourth-order valence-corrected chi connectivity index (χ4v) is 3.10. The minimum atomic E-state index is 0.868. The van der Waals surface area contributed by atoms with E-state index in [4.69, 9.17) is 9.97 Å². The lowest BCUT2D eigenvalue weighted by atomic mass is 10.0. The highest BCUT2D eigenvalue weighted by Crippen LogP contribution is 2.29. The third-order valence-electron chi connectivity index (χ3n) is 4.28. The van der Waals surface area contributed by atoms with Crippen molar-refractivity contribution < 1.29 is 0 Å². The zero-order valence-corrected chi connectivity index (χ0v) is 12.8. The zero-order valence-electron chi connectivity index (χ0n) is 12.8. The Kier molecular flexibility index (Phi) is 3.26. The van der Waals surface area contributed by atoms with Gasteiger partial charge in [-0.25, -0.2) is 9.97 Å². The third-order valence-corrected chi connectivity index (χ3v) is 4.28. The van der Waals surface area contributed by atoms with Crippen LogP contribution in [0.3, 0.4) is 0 Å². The van der Waals surface area contributed by atoms with Crippen LogP contribution in [0.2, 0.25) is 0 Å². The van der Waals surface area contributed by atoms with Gasteiger partial charge in [0.05, 0.1) is 11.2 Å². The molecular weight excluding hydrogens is 270 g/mol. The van der Waals surface area contributed by atoms with Crippen molar-refractivity contribution in [2.24, 2.45) is 0 Å². The van der Waals surface area contributed by atoms with Gasteiger partial charge in [-0.3, -0.25) is 0 Å². The Morgan fingerprint density at radius 3 is 2.45 bits per heavy atom. The van der Waals surface area contributed by atoms with Gasteiger partial charge < -0.3 is 4.90 Å². The molecule has 0 radical (unpaired) electrons. The predicted molar refractivity (Wildman–Crippen MR) is 91.2 cm³/mol. The van der Waals surface area contributed by atoms with Gasteiger partial charge in [0, 0.05) is 24.0 Å². The molecule has 1 fully saturated rings. The van der Waals surface area contributed by atoms with Crippen LogP contribution in [-0.2, 0) is 0 Å². The Morgan fingerprint density at radius 2 is 1.68 bits per heavy atom. The standard InChI is InChI=1S/C19H19N3/c1-14-9-10-17-16(13-14)18(15-7-3-2-4-8-15)21-19(20-17)22-11-5-6-12-22/h2-4,7-10,13H,5-6,11-12H2,1H3. The van der Waals surface area contributed by atoms with Crippen molar-refractivity contribution in [2.45, 2.75) is 19.8 Å². The third kappa shape index (κ3) is 2.33. The molecule has 0 aliphatic carbocycles. The van der Waals surface area contributed by atoms with Crippen LogP contribution in [0.4, 0.5) is 5.95 Å². The lowest BCUT2D eigenvalue weighted by Crippen LogP contribution is -2.20. The Hall–Kier alpha value is -2.42. The molecule has 3 heteroatoms.